The van der Waals surface area contributed by atoms with Gasteiger partial charge in [-0.1, -0.05) is 23.4 Å². The third kappa shape index (κ3) is 5.88. The quantitative estimate of drug-likeness (QED) is 0.700. The van der Waals surface area contributed by atoms with Gasteiger partial charge in [0.2, 0.25) is 5.91 Å². The monoisotopic (exact) mass is 400 g/mol. The van der Waals surface area contributed by atoms with Gasteiger partial charge in [0.15, 0.2) is 0 Å². The Kier molecular flexibility index (Phi) is 7.00. The van der Waals surface area contributed by atoms with Crippen molar-refractivity contribution in [1.82, 2.24) is 15.0 Å². The fraction of sp³-hybridized carbons (Fsp3) is 0.476. The summed E-state index contributed by atoms with van der Waals surface area (Å²) in [6, 6.07) is 9.08. The van der Waals surface area contributed by atoms with Crippen LogP contribution in [0.5, 0.6) is 0 Å². The first kappa shape index (κ1) is 21.0. The normalized spacial score (nSPS) is 16.5. The predicted octanol–water partition coefficient (Wildman–Crippen LogP) is 2.14. The fourth-order valence-corrected chi connectivity index (χ4v) is 3.58. The van der Waals surface area contributed by atoms with Gasteiger partial charge in [-0.25, -0.2) is 0 Å². The number of aryl methyl sites for hydroxylation is 2. The number of carbonyl (C=O) groups is 2. The lowest BCUT2D eigenvalue weighted by atomic mass is 10.0. The number of piperazine rings is 1. The molecule has 2 N–H and O–H groups in total. The Bertz CT molecular complexity index is 809. The molecule has 2 heterocycles. The first-order valence-corrected chi connectivity index (χ1v) is 9.86. The number of anilines is 1. The lowest BCUT2D eigenvalue weighted by Gasteiger charge is -2.35. The number of amides is 1. The van der Waals surface area contributed by atoms with Crippen molar-refractivity contribution in [3.05, 3.63) is 47.3 Å². The molecule has 1 aliphatic heterocycles. The van der Waals surface area contributed by atoms with Crippen LogP contribution in [0.15, 0.2) is 34.9 Å². The number of aromatic nitrogens is 1. The van der Waals surface area contributed by atoms with E-state index in [0.717, 1.165) is 49.7 Å². The van der Waals surface area contributed by atoms with Crippen molar-refractivity contribution in [3.8, 4) is 0 Å². The maximum Gasteiger partial charge on any atom is 0.308 e. The van der Waals surface area contributed by atoms with E-state index in [2.05, 4.69) is 20.3 Å². The number of para-hydroxylation sites is 1. The van der Waals surface area contributed by atoms with Gasteiger partial charge in [-0.3, -0.25) is 19.4 Å². The van der Waals surface area contributed by atoms with E-state index in [4.69, 9.17) is 4.52 Å². The topological polar surface area (TPSA) is 98.9 Å². The van der Waals surface area contributed by atoms with Crippen LogP contribution >= 0.6 is 0 Å². The summed E-state index contributed by atoms with van der Waals surface area (Å²) in [7, 11) is 0. The standard InChI is InChI=1S/C21H28N4O4/c1-15-19(16(2)29-23-15)14-25-10-8-24(9-11-25)13-17(21(27)28)12-20(26)22-18-6-4-3-5-7-18/h3-7,17H,8-14H2,1-2H3,(H,22,26)(H,27,28). The van der Waals surface area contributed by atoms with Crippen LogP contribution in [0, 0.1) is 19.8 Å². The molecule has 1 aromatic carbocycles. The molecule has 156 valence electrons. The van der Waals surface area contributed by atoms with Crippen LogP contribution in [0.2, 0.25) is 0 Å². The molecule has 8 heteroatoms. The molecule has 1 atom stereocenters. The van der Waals surface area contributed by atoms with E-state index in [-0.39, 0.29) is 12.3 Å². The van der Waals surface area contributed by atoms with Gasteiger partial charge in [0.25, 0.3) is 0 Å². The number of rotatable bonds is 8. The lowest BCUT2D eigenvalue weighted by Crippen LogP contribution is -2.48. The molecule has 0 radical (unpaired) electrons. The van der Waals surface area contributed by atoms with Crippen molar-refractivity contribution in [2.75, 3.05) is 38.0 Å². The average Bonchev–Trinajstić information content (AvgIpc) is 3.01. The van der Waals surface area contributed by atoms with Gasteiger partial charge in [-0.05, 0) is 26.0 Å². The van der Waals surface area contributed by atoms with Crippen LogP contribution in [0.4, 0.5) is 5.69 Å². The van der Waals surface area contributed by atoms with E-state index in [1.165, 1.54) is 0 Å². The SMILES string of the molecule is Cc1noc(C)c1CN1CCN(CC(CC(=O)Nc2ccccc2)C(=O)O)CC1. The van der Waals surface area contributed by atoms with Crippen molar-refractivity contribution in [1.29, 1.82) is 0 Å². The van der Waals surface area contributed by atoms with Gasteiger partial charge in [0.05, 0.1) is 11.6 Å². The first-order chi connectivity index (χ1) is 13.9. The van der Waals surface area contributed by atoms with Crippen molar-refractivity contribution in [3.63, 3.8) is 0 Å². The third-order valence-electron chi connectivity index (χ3n) is 5.35. The highest BCUT2D eigenvalue weighted by Gasteiger charge is 2.27. The van der Waals surface area contributed by atoms with E-state index in [0.29, 0.717) is 12.2 Å². The minimum absolute atomic E-state index is 0.0382. The zero-order chi connectivity index (χ0) is 20.8. The number of nitrogens with zero attached hydrogens (tertiary/aromatic N) is 3. The van der Waals surface area contributed by atoms with Crippen molar-refractivity contribution < 1.29 is 19.2 Å². The molecule has 2 aromatic rings. The van der Waals surface area contributed by atoms with Gasteiger partial charge in [0, 0.05) is 56.9 Å². The molecular formula is C21H28N4O4. The number of aliphatic carboxylic acids is 1. The molecule has 1 aliphatic rings. The highest BCUT2D eigenvalue weighted by Crippen LogP contribution is 2.17. The molecule has 1 amide bonds. The summed E-state index contributed by atoms with van der Waals surface area (Å²) in [4.78, 5) is 28.4. The van der Waals surface area contributed by atoms with Gasteiger partial charge in [0.1, 0.15) is 5.76 Å². The Hall–Kier alpha value is -2.71. The Morgan fingerprint density at radius 2 is 1.79 bits per heavy atom. The van der Waals surface area contributed by atoms with E-state index in [9.17, 15) is 14.7 Å². The molecule has 1 fully saturated rings. The summed E-state index contributed by atoms with van der Waals surface area (Å²) in [5.74, 6) is -1.10. The predicted molar refractivity (Wildman–Crippen MR) is 109 cm³/mol. The van der Waals surface area contributed by atoms with E-state index < -0.39 is 11.9 Å². The number of hydrogen-bond donors (Lipinski definition) is 2. The minimum atomic E-state index is -0.939. The van der Waals surface area contributed by atoms with Gasteiger partial charge in [-0.2, -0.15) is 0 Å². The molecule has 0 aliphatic carbocycles. The maximum absolute atomic E-state index is 12.2. The third-order valence-corrected chi connectivity index (χ3v) is 5.35. The lowest BCUT2D eigenvalue weighted by molar-refractivity contribution is -0.144. The second-order valence-corrected chi connectivity index (χ2v) is 7.53. The van der Waals surface area contributed by atoms with Crippen molar-refractivity contribution in [2.24, 2.45) is 5.92 Å². The molecule has 1 saturated heterocycles. The molecule has 1 unspecified atom stereocenters. The Labute approximate surface area is 170 Å². The van der Waals surface area contributed by atoms with E-state index in [1.54, 1.807) is 12.1 Å². The largest absolute Gasteiger partial charge is 0.481 e. The smallest absolute Gasteiger partial charge is 0.308 e. The highest BCUT2D eigenvalue weighted by atomic mass is 16.5. The van der Waals surface area contributed by atoms with Crippen LogP contribution < -0.4 is 5.32 Å². The molecular weight excluding hydrogens is 372 g/mol. The van der Waals surface area contributed by atoms with E-state index >= 15 is 0 Å². The molecule has 0 saturated carbocycles. The van der Waals surface area contributed by atoms with Crippen LogP contribution in [-0.4, -0.2) is 64.7 Å². The number of hydrogen-bond acceptors (Lipinski definition) is 6. The number of carbonyl (C=O) groups excluding carboxylic acids is 1. The van der Waals surface area contributed by atoms with Crippen molar-refractivity contribution >= 4 is 17.6 Å². The summed E-state index contributed by atoms with van der Waals surface area (Å²) < 4.78 is 5.23. The number of benzene rings is 1. The van der Waals surface area contributed by atoms with Crippen LogP contribution in [-0.2, 0) is 16.1 Å². The molecule has 0 spiro atoms. The van der Waals surface area contributed by atoms with Crippen LogP contribution in [0.25, 0.3) is 0 Å². The number of carboxylic acid groups (broad SMARTS) is 1. The Balaban J connectivity index is 1.48. The molecule has 1 aromatic heterocycles. The zero-order valence-electron chi connectivity index (χ0n) is 16.9. The van der Waals surface area contributed by atoms with Crippen LogP contribution in [0.3, 0.4) is 0 Å². The maximum atomic E-state index is 12.2. The number of carboxylic acids is 1. The summed E-state index contributed by atoms with van der Waals surface area (Å²) in [5, 5.41) is 16.3. The van der Waals surface area contributed by atoms with Gasteiger partial charge in [-0.15, -0.1) is 0 Å². The van der Waals surface area contributed by atoms with Crippen LogP contribution in [0.1, 0.15) is 23.4 Å². The highest BCUT2D eigenvalue weighted by molar-refractivity contribution is 5.93. The van der Waals surface area contributed by atoms with Gasteiger partial charge >= 0.3 is 5.97 Å². The Morgan fingerprint density at radius 1 is 1.14 bits per heavy atom. The second kappa shape index (κ2) is 9.67. The molecule has 8 nitrogen and oxygen atoms in total. The van der Waals surface area contributed by atoms with E-state index in [1.807, 2.05) is 32.0 Å². The second-order valence-electron chi connectivity index (χ2n) is 7.53. The summed E-state index contributed by atoms with van der Waals surface area (Å²) in [6.07, 6.45) is -0.0382. The molecule has 0 bridgehead atoms. The Morgan fingerprint density at radius 3 is 2.38 bits per heavy atom. The fourth-order valence-electron chi connectivity index (χ4n) is 3.58. The number of nitrogens with one attached hydrogen (secondary N) is 1. The zero-order valence-corrected chi connectivity index (χ0v) is 16.9. The molecule has 3 rings (SSSR count). The summed E-state index contributed by atoms with van der Waals surface area (Å²) >= 11 is 0. The first-order valence-electron chi connectivity index (χ1n) is 9.86. The van der Waals surface area contributed by atoms with Gasteiger partial charge < -0.3 is 14.9 Å². The van der Waals surface area contributed by atoms with Crippen molar-refractivity contribution in [2.45, 2.75) is 26.8 Å². The minimum Gasteiger partial charge on any atom is -0.481 e. The summed E-state index contributed by atoms with van der Waals surface area (Å²) in [5.41, 5.74) is 2.72. The average molecular weight is 400 g/mol. The molecule has 29 heavy (non-hydrogen) atoms. The summed E-state index contributed by atoms with van der Waals surface area (Å²) in [6.45, 7) is 8.25.